The van der Waals surface area contributed by atoms with Gasteiger partial charge in [0.25, 0.3) is 0 Å². The van der Waals surface area contributed by atoms with E-state index in [4.69, 9.17) is 9.47 Å². The van der Waals surface area contributed by atoms with Crippen LogP contribution in [0.3, 0.4) is 0 Å². The number of benzene rings is 1. The van der Waals surface area contributed by atoms with Gasteiger partial charge in [0.1, 0.15) is 23.4 Å². The van der Waals surface area contributed by atoms with E-state index in [1.165, 1.54) is 11.8 Å². The molecule has 2 saturated heterocycles. The average Bonchev–Trinajstić information content (AvgIpc) is 2.96. The molecule has 1 aromatic rings. The summed E-state index contributed by atoms with van der Waals surface area (Å²) < 4.78 is 10.8. The van der Waals surface area contributed by atoms with Gasteiger partial charge in [-0.1, -0.05) is 0 Å². The van der Waals surface area contributed by atoms with Crippen molar-refractivity contribution in [3.63, 3.8) is 0 Å². The summed E-state index contributed by atoms with van der Waals surface area (Å²) in [5, 5.41) is -0.472. The lowest BCUT2D eigenvalue weighted by Gasteiger charge is -2.34. The van der Waals surface area contributed by atoms with Crippen molar-refractivity contribution < 1.29 is 19.1 Å². The highest BCUT2D eigenvalue weighted by Crippen LogP contribution is 2.46. The van der Waals surface area contributed by atoms with E-state index in [-0.39, 0.29) is 29.0 Å². The Labute approximate surface area is 164 Å². The van der Waals surface area contributed by atoms with Crippen LogP contribution in [0.5, 0.6) is 11.5 Å². The van der Waals surface area contributed by atoms with Gasteiger partial charge in [-0.25, -0.2) is 0 Å². The van der Waals surface area contributed by atoms with Crippen LogP contribution in [0.15, 0.2) is 18.2 Å². The van der Waals surface area contributed by atoms with E-state index in [0.717, 1.165) is 18.7 Å². The second-order valence-electron chi connectivity index (χ2n) is 6.89. The van der Waals surface area contributed by atoms with Gasteiger partial charge in [-0.3, -0.25) is 9.59 Å². The third kappa shape index (κ3) is 4.16. The number of likely N-dealkylation sites (N-methyl/N-ethyl adjacent to an activating group) is 1. The highest BCUT2D eigenvalue weighted by Gasteiger charge is 2.41. The van der Waals surface area contributed by atoms with Crippen LogP contribution in [0.2, 0.25) is 0 Å². The zero-order chi connectivity index (χ0) is 19.6. The molecule has 0 bridgehead atoms. The van der Waals surface area contributed by atoms with Crippen molar-refractivity contribution in [2.24, 2.45) is 0 Å². The number of thioether (sulfide) groups is 1. The van der Waals surface area contributed by atoms with Crippen LogP contribution in [0.25, 0.3) is 0 Å². The first kappa shape index (κ1) is 19.8. The number of amides is 2. The second kappa shape index (κ2) is 8.39. The molecule has 0 spiro atoms. The zero-order valence-corrected chi connectivity index (χ0v) is 17.1. The molecule has 2 aliphatic heterocycles. The van der Waals surface area contributed by atoms with Gasteiger partial charge in [0, 0.05) is 31.7 Å². The van der Waals surface area contributed by atoms with Crippen LogP contribution in [0.4, 0.5) is 0 Å². The van der Waals surface area contributed by atoms with Crippen LogP contribution in [0, 0.1) is 0 Å². The highest BCUT2D eigenvalue weighted by molar-refractivity contribution is 8.01. The summed E-state index contributed by atoms with van der Waals surface area (Å²) in [5.74, 6) is 1.37. The van der Waals surface area contributed by atoms with Crippen LogP contribution in [0.1, 0.15) is 17.9 Å². The molecule has 3 rings (SSSR count). The number of nitrogens with zero attached hydrogens (tertiary/aromatic N) is 3. The first-order chi connectivity index (χ1) is 12.9. The number of hydrogen-bond donors (Lipinski definition) is 0. The molecule has 148 valence electrons. The number of hydrogen-bond acceptors (Lipinski definition) is 6. The topological polar surface area (TPSA) is 62.3 Å². The Kier molecular flexibility index (Phi) is 6.16. The van der Waals surface area contributed by atoms with Crippen LogP contribution < -0.4 is 9.47 Å². The van der Waals surface area contributed by atoms with Crippen molar-refractivity contribution in [2.45, 2.75) is 17.5 Å². The Hall–Kier alpha value is -1.93. The molecule has 7 nitrogen and oxygen atoms in total. The fourth-order valence-corrected chi connectivity index (χ4v) is 4.70. The highest BCUT2D eigenvalue weighted by atomic mass is 32.2. The van der Waals surface area contributed by atoms with E-state index in [1.807, 2.05) is 30.0 Å². The molecule has 2 fully saturated rings. The zero-order valence-electron chi connectivity index (χ0n) is 16.3. The molecule has 2 atom stereocenters. The number of carbonyl (C=O) groups excluding carboxylic acids is 2. The molecule has 2 amide bonds. The fourth-order valence-electron chi connectivity index (χ4n) is 3.41. The summed E-state index contributed by atoms with van der Waals surface area (Å²) in [4.78, 5) is 31.3. The van der Waals surface area contributed by atoms with Crippen molar-refractivity contribution in [2.75, 3.05) is 54.0 Å². The maximum absolute atomic E-state index is 12.8. The first-order valence-corrected chi connectivity index (χ1v) is 10.0. The van der Waals surface area contributed by atoms with Gasteiger partial charge in [-0.2, -0.15) is 0 Å². The minimum absolute atomic E-state index is 0.00184. The van der Waals surface area contributed by atoms with Crippen LogP contribution >= 0.6 is 11.8 Å². The number of carbonyl (C=O) groups is 2. The smallest absolute Gasteiger partial charge is 0.242 e. The van der Waals surface area contributed by atoms with Gasteiger partial charge in [0.2, 0.25) is 11.8 Å². The number of rotatable bonds is 5. The molecular weight excluding hydrogens is 366 g/mol. The lowest BCUT2D eigenvalue weighted by Crippen LogP contribution is -2.50. The van der Waals surface area contributed by atoms with Gasteiger partial charge in [0.05, 0.1) is 19.5 Å². The Balaban J connectivity index is 1.82. The predicted octanol–water partition coefficient (Wildman–Crippen LogP) is 1.44. The second-order valence-corrected chi connectivity index (χ2v) is 8.31. The molecule has 2 heterocycles. The standard InChI is InChI=1S/C19H27N3O4S/c1-13-18(24)22(12-17(23)21-9-7-20(2)8-10-21)19(27-13)15-11-14(25-3)5-6-16(15)26-4/h5-6,11,13,19H,7-10,12H2,1-4H3/t13-,19-/m1/s1. The van der Waals surface area contributed by atoms with Gasteiger partial charge < -0.3 is 24.2 Å². The molecule has 27 heavy (non-hydrogen) atoms. The third-order valence-corrected chi connectivity index (χ3v) is 6.49. The number of methoxy groups -OCH3 is 2. The molecule has 0 saturated carbocycles. The molecule has 0 radical (unpaired) electrons. The maximum Gasteiger partial charge on any atom is 0.242 e. The lowest BCUT2D eigenvalue weighted by molar-refractivity contribution is -0.140. The fraction of sp³-hybridized carbons (Fsp3) is 0.579. The summed E-state index contributed by atoms with van der Waals surface area (Å²) in [7, 11) is 5.26. The molecular formula is C19H27N3O4S. The molecule has 0 aromatic heterocycles. The van der Waals surface area contributed by atoms with E-state index in [2.05, 4.69) is 11.9 Å². The lowest BCUT2D eigenvalue weighted by atomic mass is 10.1. The van der Waals surface area contributed by atoms with Gasteiger partial charge in [-0.15, -0.1) is 11.8 Å². The molecule has 0 N–H and O–H groups in total. The molecule has 8 heteroatoms. The minimum Gasteiger partial charge on any atom is -0.497 e. The van der Waals surface area contributed by atoms with Crippen molar-refractivity contribution in [3.8, 4) is 11.5 Å². The summed E-state index contributed by atoms with van der Waals surface area (Å²) in [6.45, 7) is 5.09. The quantitative estimate of drug-likeness (QED) is 0.754. The SMILES string of the molecule is COc1ccc(OC)c([C@H]2S[C@H](C)C(=O)N2CC(=O)N2CCN(C)CC2)c1. The molecule has 0 unspecified atom stereocenters. The van der Waals surface area contributed by atoms with E-state index in [1.54, 1.807) is 19.1 Å². The molecule has 0 aliphatic carbocycles. The van der Waals surface area contributed by atoms with Crippen molar-refractivity contribution in [1.82, 2.24) is 14.7 Å². The maximum atomic E-state index is 12.8. The summed E-state index contributed by atoms with van der Waals surface area (Å²) in [6.07, 6.45) is 0. The minimum atomic E-state index is -0.269. The van der Waals surface area contributed by atoms with E-state index in [0.29, 0.717) is 24.6 Å². The van der Waals surface area contributed by atoms with E-state index < -0.39 is 0 Å². The Morgan fingerprint density at radius 3 is 2.52 bits per heavy atom. The number of ether oxygens (including phenoxy) is 2. The van der Waals surface area contributed by atoms with Gasteiger partial charge >= 0.3 is 0 Å². The molecule has 1 aromatic carbocycles. The monoisotopic (exact) mass is 393 g/mol. The van der Waals surface area contributed by atoms with E-state index >= 15 is 0 Å². The Bertz CT molecular complexity index is 706. The van der Waals surface area contributed by atoms with E-state index in [9.17, 15) is 9.59 Å². The van der Waals surface area contributed by atoms with Crippen LogP contribution in [-0.2, 0) is 9.59 Å². The Morgan fingerprint density at radius 1 is 1.19 bits per heavy atom. The van der Waals surface area contributed by atoms with Gasteiger partial charge in [0.15, 0.2) is 0 Å². The predicted molar refractivity (Wildman–Crippen MR) is 105 cm³/mol. The first-order valence-electron chi connectivity index (χ1n) is 9.08. The Morgan fingerprint density at radius 2 is 1.89 bits per heavy atom. The van der Waals surface area contributed by atoms with Crippen molar-refractivity contribution in [1.29, 1.82) is 0 Å². The van der Waals surface area contributed by atoms with Crippen molar-refractivity contribution in [3.05, 3.63) is 23.8 Å². The number of piperazine rings is 1. The third-order valence-electron chi connectivity index (χ3n) is 5.11. The van der Waals surface area contributed by atoms with Crippen molar-refractivity contribution >= 4 is 23.6 Å². The largest absolute Gasteiger partial charge is 0.497 e. The summed E-state index contributed by atoms with van der Waals surface area (Å²) in [6, 6.07) is 5.55. The average molecular weight is 394 g/mol. The normalized spacial score (nSPS) is 23.6. The molecule has 2 aliphatic rings. The summed E-state index contributed by atoms with van der Waals surface area (Å²) in [5.41, 5.74) is 0.853. The van der Waals surface area contributed by atoms with Crippen LogP contribution in [-0.4, -0.2) is 85.8 Å². The summed E-state index contributed by atoms with van der Waals surface area (Å²) >= 11 is 1.53. The van der Waals surface area contributed by atoms with Gasteiger partial charge in [-0.05, 0) is 32.2 Å².